The minimum atomic E-state index is -0.0470. The molecule has 2 aromatic heterocycles. The Morgan fingerprint density at radius 1 is 0.960 bits per heavy atom. The first-order valence-electron chi connectivity index (χ1n) is 7.69. The lowest BCUT2D eigenvalue weighted by atomic mass is 9.93. The van der Waals surface area contributed by atoms with E-state index in [1.807, 2.05) is 48.5 Å². The van der Waals surface area contributed by atoms with Crippen LogP contribution < -0.4 is 0 Å². The molecule has 2 heterocycles. The van der Waals surface area contributed by atoms with Crippen molar-refractivity contribution in [1.82, 2.24) is 4.98 Å². The molecule has 0 aliphatic carbocycles. The van der Waals surface area contributed by atoms with E-state index in [9.17, 15) is 5.11 Å². The fourth-order valence-electron chi connectivity index (χ4n) is 2.99. The molecular weight excluding hydrogens is 357 g/mol. The first kappa shape index (κ1) is 16.2. The average molecular weight is 370 g/mol. The van der Waals surface area contributed by atoms with Crippen LogP contribution in [-0.4, -0.2) is 10.1 Å². The maximum Gasteiger partial charge on any atom is 0.138 e. The Morgan fingerprint density at radius 2 is 1.84 bits per heavy atom. The molecule has 124 valence electrons. The SMILES string of the molecule is OCc1ccc2nc(Cl)c(-c3ccoc3)c(-c3cccc(Cl)c3)c2c1. The number of rotatable bonds is 3. The monoisotopic (exact) mass is 369 g/mol. The van der Waals surface area contributed by atoms with Crippen LogP contribution >= 0.6 is 23.2 Å². The summed E-state index contributed by atoms with van der Waals surface area (Å²) < 4.78 is 5.24. The quantitative estimate of drug-likeness (QED) is 0.453. The lowest BCUT2D eigenvalue weighted by Gasteiger charge is -2.15. The van der Waals surface area contributed by atoms with Crippen LogP contribution in [0.2, 0.25) is 10.2 Å². The zero-order chi connectivity index (χ0) is 17.4. The van der Waals surface area contributed by atoms with E-state index in [1.54, 1.807) is 12.5 Å². The van der Waals surface area contributed by atoms with E-state index >= 15 is 0 Å². The fourth-order valence-corrected chi connectivity index (χ4v) is 3.48. The van der Waals surface area contributed by atoms with Gasteiger partial charge in [-0.15, -0.1) is 0 Å². The van der Waals surface area contributed by atoms with Crippen LogP contribution in [0.4, 0.5) is 0 Å². The number of pyridine rings is 1. The molecule has 0 fully saturated rings. The van der Waals surface area contributed by atoms with E-state index in [1.165, 1.54) is 0 Å². The van der Waals surface area contributed by atoms with Gasteiger partial charge in [0.15, 0.2) is 0 Å². The maximum atomic E-state index is 9.53. The van der Waals surface area contributed by atoms with Crippen molar-refractivity contribution in [2.45, 2.75) is 6.61 Å². The molecule has 0 atom stereocenters. The van der Waals surface area contributed by atoms with Crippen LogP contribution in [0.15, 0.2) is 65.5 Å². The van der Waals surface area contributed by atoms with Crippen molar-refractivity contribution in [3.05, 3.63) is 76.8 Å². The Kier molecular flexibility index (Phi) is 4.22. The van der Waals surface area contributed by atoms with Gasteiger partial charge in [0.1, 0.15) is 5.15 Å². The van der Waals surface area contributed by atoms with Crippen LogP contribution in [-0.2, 0) is 6.61 Å². The minimum Gasteiger partial charge on any atom is -0.472 e. The summed E-state index contributed by atoms with van der Waals surface area (Å²) in [4.78, 5) is 4.52. The number of aliphatic hydroxyl groups is 1. The number of halogens is 2. The number of hydrogen-bond donors (Lipinski definition) is 1. The predicted molar refractivity (Wildman–Crippen MR) is 101 cm³/mol. The highest BCUT2D eigenvalue weighted by Crippen LogP contribution is 2.42. The summed E-state index contributed by atoms with van der Waals surface area (Å²) in [6.45, 7) is -0.0470. The van der Waals surface area contributed by atoms with Gasteiger partial charge >= 0.3 is 0 Å². The van der Waals surface area contributed by atoms with Crippen LogP contribution in [0.25, 0.3) is 33.2 Å². The number of hydrogen-bond acceptors (Lipinski definition) is 3. The van der Waals surface area contributed by atoms with Gasteiger partial charge in [-0.1, -0.05) is 41.4 Å². The zero-order valence-electron chi connectivity index (χ0n) is 13.0. The number of fused-ring (bicyclic) bond motifs is 1. The van der Waals surface area contributed by atoms with Crippen molar-refractivity contribution in [2.24, 2.45) is 0 Å². The molecule has 4 rings (SSSR count). The number of aliphatic hydroxyl groups excluding tert-OH is 1. The molecule has 4 aromatic rings. The lowest BCUT2D eigenvalue weighted by molar-refractivity contribution is 0.282. The summed E-state index contributed by atoms with van der Waals surface area (Å²) >= 11 is 12.7. The van der Waals surface area contributed by atoms with Crippen molar-refractivity contribution in [1.29, 1.82) is 0 Å². The highest BCUT2D eigenvalue weighted by molar-refractivity contribution is 6.34. The molecule has 0 amide bonds. The molecular formula is C20H13Cl2NO2. The third-order valence-corrected chi connectivity index (χ3v) is 4.62. The first-order valence-corrected chi connectivity index (χ1v) is 8.44. The molecule has 0 aliphatic rings. The fraction of sp³-hybridized carbons (Fsp3) is 0.0500. The van der Waals surface area contributed by atoms with Crippen LogP contribution in [0, 0.1) is 0 Å². The maximum absolute atomic E-state index is 9.53. The molecule has 0 saturated carbocycles. The van der Waals surface area contributed by atoms with Crippen LogP contribution in [0.3, 0.4) is 0 Å². The van der Waals surface area contributed by atoms with E-state index in [-0.39, 0.29) is 6.61 Å². The first-order chi connectivity index (χ1) is 12.2. The third kappa shape index (κ3) is 2.91. The smallest absolute Gasteiger partial charge is 0.138 e. The molecule has 0 bridgehead atoms. The van der Waals surface area contributed by atoms with Gasteiger partial charge in [0.05, 0.1) is 24.6 Å². The summed E-state index contributed by atoms with van der Waals surface area (Å²) in [6, 6.07) is 15.1. The number of furan rings is 1. The van der Waals surface area contributed by atoms with Crippen molar-refractivity contribution in [3.8, 4) is 22.3 Å². The predicted octanol–water partition coefficient (Wildman–Crippen LogP) is 5.96. The second-order valence-corrected chi connectivity index (χ2v) is 6.48. The number of nitrogens with zero attached hydrogens (tertiary/aromatic N) is 1. The standard InChI is InChI=1S/C20H13Cl2NO2/c21-15-3-1-2-13(9-15)18-16-8-12(10-24)4-5-17(16)23-20(22)19(18)14-6-7-25-11-14/h1-9,11,24H,10H2. The Labute approximate surface area is 154 Å². The molecule has 0 saturated heterocycles. The minimum absolute atomic E-state index is 0.0470. The highest BCUT2D eigenvalue weighted by atomic mass is 35.5. The van der Waals surface area contributed by atoms with Crippen LogP contribution in [0.1, 0.15) is 5.56 Å². The van der Waals surface area contributed by atoms with Gasteiger partial charge in [-0.2, -0.15) is 0 Å². The Balaban J connectivity index is 2.16. The van der Waals surface area contributed by atoms with Gasteiger partial charge in [-0.25, -0.2) is 4.98 Å². The summed E-state index contributed by atoms with van der Waals surface area (Å²) in [7, 11) is 0. The van der Waals surface area contributed by atoms with Crippen molar-refractivity contribution < 1.29 is 9.52 Å². The molecule has 5 heteroatoms. The van der Waals surface area contributed by atoms with Gasteiger partial charge in [0.25, 0.3) is 0 Å². The van der Waals surface area contributed by atoms with E-state index in [2.05, 4.69) is 4.98 Å². The summed E-state index contributed by atoms with van der Waals surface area (Å²) in [6.07, 6.45) is 3.24. The Morgan fingerprint density at radius 3 is 2.56 bits per heavy atom. The molecule has 2 aromatic carbocycles. The summed E-state index contributed by atoms with van der Waals surface area (Å²) in [5, 5.41) is 11.4. The zero-order valence-corrected chi connectivity index (χ0v) is 14.6. The van der Waals surface area contributed by atoms with E-state index in [0.717, 1.165) is 38.7 Å². The van der Waals surface area contributed by atoms with Crippen molar-refractivity contribution in [3.63, 3.8) is 0 Å². The Hall–Kier alpha value is -2.33. The van der Waals surface area contributed by atoms with E-state index in [0.29, 0.717) is 10.2 Å². The van der Waals surface area contributed by atoms with Crippen molar-refractivity contribution in [2.75, 3.05) is 0 Å². The number of aromatic nitrogens is 1. The van der Waals surface area contributed by atoms with E-state index < -0.39 is 0 Å². The number of benzene rings is 2. The van der Waals surface area contributed by atoms with E-state index in [4.69, 9.17) is 27.6 Å². The largest absolute Gasteiger partial charge is 0.472 e. The molecule has 0 spiro atoms. The second kappa shape index (κ2) is 6.52. The lowest BCUT2D eigenvalue weighted by Crippen LogP contribution is -1.94. The van der Waals surface area contributed by atoms with Gasteiger partial charge < -0.3 is 9.52 Å². The van der Waals surface area contributed by atoms with Crippen LogP contribution in [0.5, 0.6) is 0 Å². The second-order valence-electron chi connectivity index (χ2n) is 5.68. The van der Waals surface area contributed by atoms with Gasteiger partial charge in [-0.05, 0) is 41.5 Å². The third-order valence-electron chi connectivity index (χ3n) is 4.11. The average Bonchev–Trinajstić information content (AvgIpc) is 3.14. The highest BCUT2D eigenvalue weighted by Gasteiger charge is 2.18. The molecule has 1 N–H and O–H groups in total. The normalized spacial score (nSPS) is 11.2. The Bertz CT molecular complexity index is 1060. The molecule has 0 unspecified atom stereocenters. The van der Waals surface area contributed by atoms with Crippen molar-refractivity contribution >= 4 is 34.1 Å². The molecule has 0 aliphatic heterocycles. The summed E-state index contributed by atoms with van der Waals surface area (Å²) in [5.41, 5.74) is 5.01. The molecule has 0 radical (unpaired) electrons. The summed E-state index contributed by atoms with van der Waals surface area (Å²) in [5.74, 6) is 0. The van der Waals surface area contributed by atoms with Gasteiger partial charge in [-0.3, -0.25) is 0 Å². The van der Waals surface area contributed by atoms with Gasteiger partial charge in [0, 0.05) is 27.1 Å². The molecule has 3 nitrogen and oxygen atoms in total. The molecule has 25 heavy (non-hydrogen) atoms. The topological polar surface area (TPSA) is 46.3 Å². The van der Waals surface area contributed by atoms with Gasteiger partial charge in [0.2, 0.25) is 0 Å².